The Hall–Kier alpha value is -3.03. The van der Waals surface area contributed by atoms with Gasteiger partial charge in [0.15, 0.2) is 0 Å². The molecule has 3 aromatic rings. The molecule has 7 heteroatoms. The molecule has 1 N–H and O–H groups in total. The van der Waals surface area contributed by atoms with Crippen LogP contribution in [0.15, 0.2) is 78.0 Å². The first-order chi connectivity index (χ1) is 16.2. The predicted molar refractivity (Wildman–Crippen MR) is 134 cm³/mol. The molecular formula is C27H31N3O3S. The molecule has 0 radical (unpaired) electrons. The van der Waals surface area contributed by atoms with E-state index in [0.29, 0.717) is 17.8 Å². The summed E-state index contributed by atoms with van der Waals surface area (Å²) in [5.41, 5.74) is 3.18. The van der Waals surface area contributed by atoms with Gasteiger partial charge in [0.2, 0.25) is 10.0 Å². The van der Waals surface area contributed by atoms with Crippen LogP contribution in [0.1, 0.15) is 67.6 Å². The molecule has 0 aliphatic carbocycles. The zero-order chi connectivity index (χ0) is 24.3. The van der Waals surface area contributed by atoms with Gasteiger partial charge in [-0.2, -0.15) is 4.31 Å². The summed E-state index contributed by atoms with van der Waals surface area (Å²) in [7, 11) is -3.68. The van der Waals surface area contributed by atoms with E-state index in [1.54, 1.807) is 41.0 Å². The number of carbonyl (C=O) groups is 1. The van der Waals surface area contributed by atoms with Crippen molar-refractivity contribution in [3.05, 3.63) is 89.7 Å². The molecular weight excluding hydrogens is 446 g/mol. The van der Waals surface area contributed by atoms with Crippen molar-refractivity contribution in [2.24, 2.45) is 0 Å². The fourth-order valence-corrected chi connectivity index (χ4v) is 5.95. The maximum Gasteiger partial charge on any atom is 0.255 e. The molecule has 178 valence electrons. The van der Waals surface area contributed by atoms with Gasteiger partial charge in [0, 0.05) is 30.2 Å². The number of anilines is 1. The maximum atomic E-state index is 13.5. The average Bonchev–Trinajstić information content (AvgIpc) is 2.84. The number of hydrogen-bond donors (Lipinski definition) is 1. The molecule has 1 fully saturated rings. The number of hydrogen-bond acceptors (Lipinski definition) is 4. The Bertz CT molecular complexity index is 1230. The Labute approximate surface area is 202 Å². The van der Waals surface area contributed by atoms with Crippen LogP contribution >= 0.6 is 0 Å². The Balaban J connectivity index is 1.49. The lowest BCUT2D eigenvalue weighted by Crippen LogP contribution is -2.38. The number of pyridine rings is 1. The van der Waals surface area contributed by atoms with E-state index in [1.165, 1.54) is 0 Å². The minimum atomic E-state index is -3.68. The summed E-state index contributed by atoms with van der Waals surface area (Å²) in [6.45, 7) is 6.85. The summed E-state index contributed by atoms with van der Waals surface area (Å²) in [4.78, 5) is 17.0. The summed E-state index contributed by atoms with van der Waals surface area (Å²) in [6.07, 6.45) is 6.01. The zero-order valence-electron chi connectivity index (χ0n) is 19.9. The van der Waals surface area contributed by atoms with Crippen molar-refractivity contribution >= 4 is 21.6 Å². The number of aromatic nitrogens is 1. The molecule has 4 rings (SSSR count). The van der Waals surface area contributed by atoms with Gasteiger partial charge < -0.3 is 5.32 Å². The lowest BCUT2D eigenvalue weighted by Gasteiger charge is -2.34. The number of amides is 1. The van der Waals surface area contributed by atoms with Crippen molar-refractivity contribution in [1.29, 1.82) is 0 Å². The Morgan fingerprint density at radius 2 is 1.71 bits per heavy atom. The summed E-state index contributed by atoms with van der Waals surface area (Å²) in [5, 5.41) is 2.85. The van der Waals surface area contributed by atoms with Crippen LogP contribution < -0.4 is 5.32 Å². The fourth-order valence-electron chi connectivity index (χ4n) is 4.27. The lowest BCUT2D eigenvalue weighted by atomic mass is 9.87. The van der Waals surface area contributed by atoms with E-state index >= 15 is 0 Å². The van der Waals surface area contributed by atoms with Crippen LogP contribution in [0.3, 0.4) is 0 Å². The minimum absolute atomic E-state index is 0.0146. The van der Waals surface area contributed by atoms with E-state index < -0.39 is 10.0 Å². The summed E-state index contributed by atoms with van der Waals surface area (Å²) in [6, 6.07) is 17.5. The molecule has 0 spiro atoms. The second-order valence-corrected chi connectivity index (χ2v) is 11.6. The third-order valence-electron chi connectivity index (χ3n) is 6.25. The van der Waals surface area contributed by atoms with Crippen LogP contribution in [0.2, 0.25) is 0 Å². The highest BCUT2D eigenvalue weighted by Gasteiger charge is 2.34. The van der Waals surface area contributed by atoms with E-state index in [2.05, 4.69) is 31.1 Å². The monoisotopic (exact) mass is 477 g/mol. The number of nitrogens with one attached hydrogen (secondary N) is 1. The maximum absolute atomic E-state index is 13.5. The molecule has 1 unspecified atom stereocenters. The molecule has 1 amide bonds. The van der Waals surface area contributed by atoms with Gasteiger partial charge in [0.05, 0.1) is 10.9 Å². The van der Waals surface area contributed by atoms with Crippen molar-refractivity contribution in [3.8, 4) is 0 Å². The second-order valence-electron chi connectivity index (χ2n) is 9.72. The van der Waals surface area contributed by atoms with E-state index in [9.17, 15) is 13.2 Å². The zero-order valence-corrected chi connectivity index (χ0v) is 20.7. The van der Waals surface area contributed by atoms with Gasteiger partial charge in [-0.05, 0) is 71.8 Å². The number of sulfonamides is 1. The average molecular weight is 478 g/mol. The van der Waals surface area contributed by atoms with Gasteiger partial charge in [0.1, 0.15) is 0 Å². The lowest BCUT2D eigenvalue weighted by molar-refractivity contribution is 0.102. The Kier molecular flexibility index (Phi) is 6.86. The number of nitrogens with zero attached hydrogens (tertiary/aromatic N) is 2. The molecule has 1 aromatic heterocycles. The van der Waals surface area contributed by atoms with Crippen molar-refractivity contribution in [3.63, 3.8) is 0 Å². The highest BCUT2D eigenvalue weighted by atomic mass is 32.2. The smallest absolute Gasteiger partial charge is 0.255 e. The standard InChI is InChI=1S/C27H31N3O3S/c1-27(2,3)22-11-9-20(10-12-22)26(31)29-23-13-15-24(16-14-23)34(32,33)30-18-5-4-8-25(30)21-7-6-17-28-19-21/h6-7,9-17,19,25H,4-5,8,18H2,1-3H3,(H,29,31). The van der Waals surface area contributed by atoms with Gasteiger partial charge in [-0.1, -0.05) is 45.4 Å². The first-order valence-electron chi connectivity index (χ1n) is 11.6. The van der Waals surface area contributed by atoms with Crippen LogP contribution in [-0.2, 0) is 15.4 Å². The molecule has 34 heavy (non-hydrogen) atoms. The SMILES string of the molecule is CC(C)(C)c1ccc(C(=O)Nc2ccc(S(=O)(=O)N3CCCCC3c3cccnc3)cc2)cc1. The molecule has 2 aromatic carbocycles. The Morgan fingerprint density at radius 3 is 2.32 bits per heavy atom. The highest BCUT2D eigenvalue weighted by molar-refractivity contribution is 7.89. The number of rotatable bonds is 5. The summed E-state index contributed by atoms with van der Waals surface area (Å²) >= 11 is 0. The van der Waals surface area contributed by atoms with Crippen molar-refractivity contribution in [2.45, 2.75) is 56.4 Å². The quantitative estimate of drug-likeness (QED) is 0.523. The molecule has 6 nitrogen and oxygen atoms in total. The summed E-state index contributed by atoms with van der Waals surface area (Å²) in [5.74, 6) is -0.233. The summed E-state index contributed by atoms with van der Waals surface area (Å²) < 4.78 is 28.5. The van der Waals surface area contributed by atoms with Gasteiger partial charge in [0.25, 0.3) is 5.91 Å². The van der Waals surface area contributed by atoms with Crippen LogP contribution in [-0.4, -0.2) is 30.2 Å². The fraction of sp³-hybridized carbons (Fsp3) is 0.333. The third-order valence-corrected chi connectivity index (χ3v) is 8.18. The molecule has 0 saturated carbocycles. The van der Waals surface area contributed by atoms with Crippen LogP contribution in [0.25, 0.3) is 0 Å². The van der Waals surface area contributed by atoms with Gasteiger partial charge in [-0.3, -0.25) is 9.78 Å². The predicted octanol–water partition coefficient (Wildman–Crippen LogP) is 5.55. The van der Waals surface area contributed by atoms with Crippen molar-refractivity contribution in [1.82, 2.24) is 9.29 Å². The molecule has 1 atom stereocenters. The number of carbonyl (C=O) groups excluding carboxylic acids is 1. The van der Waals surface area contributed by atoms with E-state index in [-0.39, 0.29) is 22.3 Å². The first-order valence-corrected chi connectivity index (χ1v) is 13.0. The number of piperidine rings is 1. The molecule has 1 aliphatic heterocycles. The molecule has 2 heterocycles. The van der Waals surface area contributed by atoms with E-state index in [4.69, 9.17) is 0 Å². The van der Waals surface area contributed by atoms with E-state index in [0.717, 1.165) is 30.4 Å². The Morgan fingerprint density at radius 1 is 1.00 bits per heavy atom. The second kappa shape index (κ2) is 9.68. The first kappa shape index (κ1) is 24.1. The van der Waals surface area contributed by atoms with Gasteiger partial charge in [-0.25, -0.2) is 8.42 Å². The third kappa shape index (κ3) is 5.21. The molecule has 0 bridgehead atoms. The van der Waals surface area contributed by atoms with Crippen molar-refractivity contribution in [2.75, 3.05) is 11.9 Å². The van der Waals surface area contributed by atoms with Gasteiger partial charge in [-0.15, -0.1) is 0 Å². The van der Waals surface area contributed by atoms with Crippen molar-refractivity contribution < 1.29 is 13.2 Å². The van der Waals surface area contributed by atoms with Gasteiger partial charge >= 0.3 is 0 Å². The number of benzene rings is 2. The van der Waals surface area contributed by atoms with Crippen LogP contribution in [0.4, 0.5) is 5.69 Å². The topological polar surface area (TPSA) is 79.4 Å². The van der Waals surface area contributed by atoms with Crippen LogP contribution in [0.5, 0.6) is 0 Å². The van der Waals surface area contributed by atoms with E-state index in [1.807, 2.05) is 36.4 Å². The minimum Gasteiger partial charge on any atom is -0.322 e. The highest BCUT2D eigenvalue weighted by Crippen LogP contribution is 2.35. The molecule has 1 aliphatic rings. The van der Waals surface area contributed by atoms with Crippen LogP contribution in [0, 0.1) is 0 Å². The largest absolute Gasteiger partial charge is 0.322 e. The normalized spacial score (nSPS) is 17.3. The molecule has 1 saturated heterocycles.